The first kappa shape index (κ1) is 17.6. The lowest BCUT2D eigenvalue weighted by molar-refractivity contribution is 0.178. The number of aromatic nitrogens is 3. The monoisotopic (exact) mass is 367 g/mol. The molecule has 2 aromatic heterocycles. The van der Waals surface area contributed by atoms with Gasteiger partial charge < -0.3 is 9.64 Å². The van der Waals surface area contributed by atoms with E-state index in [9.17, 15) is 4.39 Å². The topological polar surface area (TPSA) is 54.4 Å². The fraction of sp³-hybridized carbons (Fsp3) is 0.350. The number of hydrogen-bond acceptors (Lipinski definition) is 6. The molecule has 0 aliphatic carbocycles. The Kier molecular flexibility index (Phi) is 4.85. The van der Waals surface area contributed by atoms with Crippen molar-refractivity contribution in [2.24, 2.45) is 0 Å². The summed E-state index contributed by atoms with van der Waals surface area (Å²) in [5.74, 6) is 1.16. The van der Waals surface area contributed by atoms with Crippen molar-refractivity contribution in [3.05, 3.63) is 54.2 Å². The van der Waals surface area contributed by atoms with E-state index in [-0.39, 0.29) is 5.82 Å². The molecule has 0 saturated carbocycles. The van der Waals surface area contributed by atoms with E-state index >= 15 is 0 Å². The van der Waals surface area contributed by atoms with E-state index in [4.69, 9.17) is 4.74 Å². The third kappa shape index (κ3) is 3.68. The molecule has 7 heteroatoms. The lowest BCUT2D eigenvalue weighted by Crippen LogP contribution is -2.51. The number of pyridine rings is 1. The summed E-state index contributed by atoms with van der Waals surface area (Å²) in [5.41, 5.74) is 1.75. The van der Waals surface area contributed by atoms with Gasteiger partial charge in [-0.2, -0.15) is 0 Å². The Labute approximate surface area is 157 Å². The van der Waals surface area contributed by atoms with Crippen LogP contribution in [0.15, 0.2) is 42.7 Å². The maximum Gasteiger partial charge on any atom is 0.213 e. The molecule has 0 N–H and O–H groups in total. The van der Waals surface area contributed by atoms with Crippen molar-refractivity contribution in [1.29, 1.82) is 0 Å². The van der Waals surface area contributed by atoms with Gasteiger partial charge in [-0.15, -0.1) is 0 Å². The largest absolute Gasteiger partial charge is 0.481 e. The summed E-state index contributed by atoms with van der Waals surface area (Å²) in [6.07, 6.45) is 1.55. The number of ether oxygens (including phenoxy) is 1. The Morgan fingerprint density at radius 3 is 2.89 bits per heavy atom. The second kappa shape index (κ2) is 7.44. The molecule has 3 aromatic rings. The molecule has 27 heavy (non-hydrogen) atoms. The van der Waals surface area contributed by atoms with Crippen molar-refractivity contribution in [1.82, 2.24) is 19.9 Å². The van der Waals surface area contributed by atoms with Crippen LogP contribution in [0.2, 0.25) is 0 Å². The number of piperazine rings is 1. The predicted molar refractivity (Wildman–Crippen MR) is 102 cm³/mol. The van der Waals surface area contributed by atoms with Gasteiger partial charge in [-0.05, 0) is 31.2 Å². The first-order valence-corrected chi connectivity index (χ1v) is 9.03. The van der Waals surface area contributed by atoms with Crippen LogP contribution in [0, 0.1) is 5.82 Å². The van der Waals surface area contributed by atoms with Crippen molar-refractivity contribution in [2.45, 2.75) is 19.5 Å². The first-order chi connectivity index (χ1) is 13.1. The van der Waals surface area contributed by atoms with E-state index in [0.717, 1.165) is 48.6 Å². The number of benzene rings is 1. The number of halogens is 1. The van der Waals surface area contributed by atoms with Crippen LogP contribution in [0.25, 0.3) is 10.9 Å². The maximum atomic E-state index is 13.7. The second-order valence-corrected chi connectivity index (χ2v) is 6.80. The van der Waals surface area contributed by atoms with Crippen LogP contribution >= 0.6 is 0 Å². The van der Waals surface area contributed by atoms with E-state index < -0.39 is 0 Å². The van der Waals surface area contributed by atoms with Gasteiger partial charge in [0, 0.05) is 43.7 Å². The Hall–Kier alpha value is -2.80. The first-order valence-electron chi connectivity index (χ1n) is 9.03. The molecule has 0 amide bonds. The molecule has 1 aliphatic heterocycles. The second-order valence-electron chi connectivity index (χ2n) is 6.80. The van der Waals surface area contributed by atoms with E-state index in [0.29, 0.717) is 11.9 Å². The van der Waals surface area contributed by atoms with Crippen LogP contribution in [0.3, 0.4) is 0 Å². The smallest absolute Gasteiger partial charge is 0.213 e. The number of fused-ring (bicyclic) bond motifs is 1. The molecule has 0 bridgehead atoms. The minimum Gasteiger partial charge on any atom is -0.481 e. The van der Waals surface area contributed by atoms with Gasteiger partial charge in [0.05, 0.1) is 18.3 Å². The highest BCUT2D eigenvalue weighted by molar-refractivity contribution is 5.89. The van der Waals surface area contributed by atoms with Crippen LogP contribution < -0.4 is 9.64 Å². The molecule has 140 valence electrons. The normalized spacial score (nSPS) is 18.0. The molecule has 6 nitrogen and oxygen atoms in total. The molecule has 4 rings (SSSR count). The molecular formula is C20H22FN5O. The fourth-order valence-corrected chi connectivity index (χ4v) is 3.56. The van der Waals surface area contributed by atoms with Crippen molar-refractivity contribution in [3.63, 3.8) is 0 Å². The summed E-state index contributed by atoms with van der Waals surface area (Å²) in [6, 6.07) is 10.8. The van der Waals surface area contributed by atoms with Crippen LogP contribution in [0.4, 0.5) is 10.2 Å². The molecule has 1 aromatic carbocycles. The van der Waals surface area contributed by atoms with E-state index in [1.165, 1.54) is 12.1 Å². The number of methoxy groups -OCH3 is 1. The van der Waals surface area contributed by atoms with E-state index in [2.05, 4.69) is 31.7 Å². The average Bonchev–Trinajstić information content (AvgIpc) is 2.69. The zero-order valence-electron chi connectivity index (χ0n) is 15.5. The molecule has 1 unspecified atom stereocenters. The minimum absolute atomic E-state index is 0.269. The van der Waals surface area contributed by atoms with Gasteiger partial charge in [-0.1, -0.05) is 6.07 Å². The summed E-state index contributed by atoms with van der Waals surface area (Å²) < 4.78 is 18.9. The predicted octanol–water partition coefficient (Wildman–Crippen LogP) is 2.88. The molecule has 1 aliphatic rings. The van der Waals surface area contributed by atoms with Gasteiger partial charge in [-0.25, -0.2) is 19.3 Å². The molecule has 1 fully saturated rings. The SMILES string of the molecule is COc1cccc(CN2CCN(c3ncnc4ccc(F)cc34)CC2C)n1. The van der Waals surface area contributed by atoms with Gasteiger partial charge in [0.2, 0.25) is 5.88 Å². The molecule has 0 spiro atoms. The van der Waals surface area contributed by atoms with Crippen molar-refractivity contribution in [3.8, 4) is 5.88 Å². The highest BCUT2D eigenvalue weighted by Gasteiger charge is 2.26. The summed E-state index contributed by atoms with van der Waals surface area (Å²) >= 11 is 0. The number of anilines is 1. The van der Waals surface area contributed by atoms with Crippen LogP contribution in [0.5, 0.6) is 5.88 Å². The van der Waals surface area contributed by atoms with E-state index in [1.807, 2.05) is 18.2 Å². The highest BCUT2D eigenvalue weighted by Crippen LogP contribution is 2.26. The van der Waals surface area contributed by atoms with Gasteiger partial charge in [0.25, 0.3) is 0 Å². The molecule has 1 saturated heterocycles. The molecule has 0 radical (unpaired) electrons. The van der Waals surface area contributed by atoms with Crippen LogP contribution in [0.1, 0.15) is 12.6 Å². The molecular weight excluding hydrogens is 345 g/mol. The third-order valence-electron chi connectivity index (χ3n) is 5.00. The van der Waals surface area contributed by atoms with Crippen molar-refractivity contribution in [2.75, 3.05) is 31.6 Å². The molecule has 3 heterocycles. The Morgan fingerprint density at radius 1 is 1.19 bits per heavy atom. The van der Waals surface area contributed by atoms with Crippen molar-refractivity contribution < 1.29 is 9.13 Å². The maximum absolute atomic E-state index is 13.7. The third-order valence-corrected chi connectivity index (χ3v) is 5.00. The van der Waals surface area contributed by atoms with Gasteiger partial charge >= 0.3 is 0 Å². The summed E-state index contributed by atoms with van der Waals surface area (Å²) in [5, 5.41) is 0.757. The highest BCUT2D eigenvalue weighted by atomic mass is 19.1. The van der Waals surface area contributed by atoms with E-state index in [1.54, 1.807) is 19.5 Å². The quantitative estimate of drug-likeness (QED) is 0.707. The Bertz CT molecular complexity index is 951. The van der Waals surface area contributed by atoms with Gasteiger partial charge in [0.1, 0.15) is 18.0 Å². The summed E-state index contributed by atoms with van der Waals surface area (Å²) in [4.78, 5) is 17.8. The summed E-state index contributed by atoms with van der Waals surface area (Å²) in [7, 11) is 1.63. The minimum atomic E-state index is -0.269. The fourth-order valence-electron chi connectivity index (χ4n) is 3.56. The summed E-state index contributed by atoms with van der Waals surface area (Å²) in [6.45, 7) is 5.46. The number of hydrogen-bond donors (Lipinski definition) is 0. The lowest BCUT2D eigenvalue weighted by Gasteiger charge is -2.40. The average molecular weight is 367 g/mol. The standard InChI is InChI=1S/C20H22FN5O/c1-14-11-26(20-17-10-15(21)6-7-18(17)22-13-23-20)9-8-25(14)12-16-4-3-5-19(24-16)27-2/h3-7,10,13-14H,8-9,11-12H2,1-2H3. The van der Waals surface area contributed by atoms with Crippen LogP contribution in [-0.2, 0) is 6.54 Å². The van der Waals surface area contributed by atoms with Crippen molar-refractivity contribution >= 4 is 16.7 Å². The number of nitrogens with zero attached hydrogens (tertiary/aromatic N) is 5. The molecule has 1 atom stereocenters. The zero-order chi connectivity index (χ0) is 18.8. The Balaban J connectivity index is 1.51. The zero-order valence-corrected chi connectivity index (χ0v) is 15.5. The lowest BCUT2D eigenvalue weighted by atomic mass is 10.1. The Morgan fingerprint density at radius 2 is 2.07 bits per heavy atom. The van der Waals surface area contributed by atoms with Crippen LogP contribution in [-0.4, -0.2) is 52.6 Å². The number of rotatable bonds is 4. The van der Waals surface area contributed by atoms with Gasteiger partial charge in [-0.3, -0.25) is 4.90 Å². The van der Waals surface area contributed by atoms with Gasteiger partial charge in [0.15, 0.2) is 0 Å².